The third kappa shape index (κ3) is 3.82. The minimum Gasteiger partial charge on any atom is -0.494 e. The highest BCUT2D eigenvalue weighted by Gasteiger charge is 2.18. The van der Waals surface area contributed by atoms with Crippen LogP contribution in [0.2, 0.25) is 0 Å². The van der Waals surface area contributed by atoms with E-state index in [1.165, 1.54) is 17.0 Å². The van der Waals surface area contributed by atoms with Crippen LogP contribution in [-0.2, 0) is 6.54 Å². The van der Waals surface area contributed by atoms with E-state index in [1.807, 2.05) is 31.2 Å². The van der Waals surface area contributed by atoms with Crippen LogP contribution in [0.1, 0.15) is 22.2 Å². The summed E-state index contributed by atoms with van der Waals surface area (Å²) in [5.74, 6) is 0.557. The molecule has 0 saturated carbocycles. The molecule has 0 unspecified atom stereocenters. The molecule has 0 aliphatic carbocycles. The van der Waals surface area contributed by atoms with Gasteiger partial charge in [-0.15, -0.1) is 0 Å². The maximum Gasteiger partial charge on any atom is 0.324 e. The number of hydrogen-bond donors (Lipinski definition) is 0. The lowest BCUT2D eigenvalue weighted by atomic mass is 10.2. The van der Waals surface area contributed by atoms with E-state index in [9.17, 15) is 14.9 Å². The van der Waals surface area contributed by atoms with Gasteiger partial charge in [-0.05, 0) is 30.7 Å². The van der Waals surface area contributed by atoms with Gasteiger partial charge in [-0.2, -0.15) is 0 Å². The number of carbonyl (C=O) groups excluding carboxylic acids is 1. The number of ether oxygens (including phenoxy) is 1. The van der Waals surface area contributed by atoms with Crippen molar-refractivity contribution in [3.63, 3.8) is 0 Å². The van der Waals surface area contributed by atoms with E-state index in [1.54, 1.807) is 7.05 Å². The Bertz CT molecular complexity index is 666. The lowest BCUT2D eigenvalue weighted by Gasteiger charge is -2.16. The number of nitrogens with zero attached hydrogens (tertiary/aromatic N) is 2. The summed E-state index contributed by atoms with van der Waals surface area (Å²) >= 11 is 0.887. The molecule has 1 heterocycles. The molecule has 1 amide bonds. The monoisotopic (exact) mass is 320 g/mol. The van der Waals surface area contributed by atoms with E-state index in [2.05, 4.69) is 0 Å². The van der Waals surface area contributed by atoms with Crippen molar-refractivity contribution in [2.75, 3.05) is 13.7 Å². The summed E-state index contributed by atoms with van der Waals surface area (Å²) in [7, 11) is 1.67. The zero-order chi connectivity index (χ0) is 16.1. The normalized spacial score (nSPS) is 10.3. The van der Waals surface area contributed by atoms with Crippen LogP contribution >= 0.6 is 11.3 Å². The van der Waals surface area contributed by atoms with Crippen molar-refractivity contribution in [1.82, 2.24) is 4.90 Å². The first-order chi connectivity index (χ1) is 10.5. The van der Waals surface area contributed by atoms with Crippen LogP contribution < -0.4 is 4.74 Å². The lowest BCUT2D eigenvalue weighted by molar-refractivity contribution is -0.380. The average molecular weight is 320 g/mol. The van der Waals surface area contributed by atoms with Crippen molar-refractivity contribution in [3.05, 3.63) is 57.0 Å². The maximum atomic E-state index is 12.2. The first-order valence-electron chi connectivity index (χ1n) is 6.72. The summed E-state index contributed by atoms with van der Waals surface area (Å²) in [5.41, 5.74) is 0.963. The molecule has 2 rings (SSSR count). The fourth-order valence-electron chi connectivity index (χ4n) is 1.93. The standard InChI is InChI=1S/C15H16N2O4S/c1-3-21-12-6-4-11(5-7-12)10-16(2)15(18)13-8-9-14(22-13)17(19)20/h4-9H,3,10H2,1-2H3. The molecule has 0 radical (unpaired) electrons. The predicted octanol–water partition coefficient (Wildman–Crippen LogP) is 3.33. The molecule has 0 fully saturated rings. The molecule has 0 N–H and O–H groups in total. The highest BCUT2D eigenvalue weighted by molar-refractivity contribution is 7.17. The summed E-state index contributed by atoms with van der Waals surface area (Å²) in [6.45, 7) is 2.95. The first-order valence-corrected chi connectivity index (χ1v) is 7.54. The molecule has 22 heavy (non-hydrogen) atoms. The molecule has 7 heteroatoms. The van der Waals surface area contributed by atoms with Gasteiger partial charge < -0.3 is 9.64 Å². The summed E-state index contributed by atoms with van der Waals surface area (Å²) in [6, 6.07) is 10.3. The van der Waals surface area contributed by atoms with Crippen LogP contribution in [-0.4, -0.2) is 29.4 Å². The molecule has 0 aliphatic rings. The number of hydrogen-bond acceptors (Lipinski definition) is 5. The average Bonchev–Trinajstić information content (AvgIpc) is 2.99. The van der Waals surface area contributed by atoms with Gasteiger partial charge in [-0.3, -0.25) is 14.9 Å². The summed E-state index contributed by atoms with van der Waals surface area (Å²) in [5, 5.41) is 10.6. The third-order valence-electron chi connectivity index (χ3n) is 2.98. The SMILES string of the molecule is CCOc1ccc(CN(C)C(=O)c2ccc([N+](=O)[O-])s2)cc1. The Kier molecular flexibility index (Phi) is 5.11. The fraction of sp³-hybridized carbons (Fsp3) is 0.267. The van der Waals surface area contributed by atoms with Gasteiger partial charge in [0.2, 0.25) is 0 Å². The molecule has 2 aromatic rings. The van der Waals surface area contributed by atoms with Gasteiger partial charge in [0.25, 0.3) is 5.91 Å². The third-order valence-corrected chi connectivity index (χ3v) is 4.01. The zero-order valence-electron chi connectivity index (χ0n) is 12.3. The van der Waals surface area contributed by atoms with E-state index >= 15 is 0 Å². The summed E-state index contributed by atoms with van der Waals surface area (Å²) < 4.78 is 5.37. The van der Waals surface area contributed by atoms with Gasteiger partial charge in [0.05, 0.1) is 16.4 Å². The molecule has 0 aliphatic heterocycles. The van der Waals surface area contributed by atoms with E-state index in [-0.39, 0.29) is 10.9 Å². The van der Waals surface area contributed by atoms with E-state index < -0.39 is 4.92 Å². The Hall–Kier alpha value is -2.41. The highest BCUT2D eigenvalue weighted by Crippen LogP contribution is 2.25. The minimum absolute atomic E-state index is 0.0298. The molecule has 0 bridgehead atoms. The van der Waals surface area contributed by atoms with Crippen molar-refractivity contribution in [3.8, 4) is 5.75 Å². The number of benzene rings is 1. The quantitative estimate of drug-likeness (QED) is 0.604. The Labute approximate surface area is 132 Å². The second-order valence-corrected chi connectivity index (χ2v) is 5.70. The molecule has 6 nitrogen and oxygen atoms in total. The van der Waals surface area contributed by atoms with Crippen LogP contribution in [0.3, 0.4) is 0 Å². The number of nitro groups is 1. The molecular weight excluding hydrogens is 304 g/mol. The Morgan fingerprint density at radius 3 is 2.50 bits per heavy atom. The van der Waals surface area contributed by atoms with Crippen molar-refractivity contribution < 1.29 is 14.5 Å². The summed E-state index contributed by atoms with van der Waals surface area (Å²) in [6.07, 6.45) is 0. The largest absolute Gasteiger partial charge is 0.494 e. The second kappa shape index (κ2) is 7.04. The van der Waals surface area contributed by atoms with E-state index in [4.69, 9.17) is 4.74 Å². The van der Waals surface area contributed by atoms with Gasteiger partial charge in [-0.1, -0.05) is 23.5 Å². The fourth-order valence-corrected chi connectivity index (χ4v) is 2.75. The number of rotatable bonds is 6. The molecule has 0 spiro atoms. The van der Waals surface area contributed by atoms with Gasteiger partial charge in [0.15, 0.2) is 0 Å². The van der Waals surface area contributed by atoms with Gasteiger partial charge >= 0.3 is 5.00 Å². The highest BCUT2D eigenvalue weighted by atomic mass is 32.1. The lowest BCUT2D eigenvalue weighted by Crippen LogP contribution is -2.25. The van der Waals surface area contributed by atoms with Crippen LogP contribution in [0.4, 0.5) is 5.00 Å². The number of thiophene rings is 1. The van der Waals surface area contributed by atoms with Gasteiger partial charge in [-0.25, -0.2) is 0 Å². The zero-order valence-corrected chi connectivity index (χ0v) is 13.1. The topological polar surface area (TPSA) is 72.7 Å². The van der Waals surface area contributed by atoms with Crippen molar-refractivity contribution in [1.29, 1.82) is 0 Å². The minimum atomic E-state index is -0.492. The van der Waals surface area contributed by atoms with Crippen LogP contribution in [0.15, 0.2) is 36.4 Å². The van der Waals surface area contributed by atoms with Gasteiger partial charge in [0, 0.05) is 19.7 Å². The van der Waals surface area contributed by atoms with Crippen LogP contribution in [0.25, 0.3) is 0 Å². The molecule has 1 aromatic heterocycles. The Morgan fingerprint density at radius 2 is 1.95 bits per heavy atom. The number of amides is 1. The smallest absolute Gasteiger partial charge is 0.324 e. The second-order valence-electron chi connectivity index (χ2n) is 4.63. The maximum absolute atomic E-state index is 12.2. The van der Waals surface area contributed by atoms with E-state index in [0.717, 1.165) is 22.6 Å². The van der Waals surface area contributed by atoms with Crippen molar-refractivity contribution in [2.24, 2.45) is 0 Å². The van der Waals surface area contributed by atoms with Crippen molar-refractivity contribution in [2.45, 2.75) is 13.5 Å². The first kappa shape index (κ1) is 16.0. The Balaban J connectivity index is 2.02. The molecule has 1 aromatic carbocycles. The van der Waals surface area contributed by atoms with Crippen LogP contribution in [0.5, 0.6) is 5.75 Å². The summed E-state index contributed by atoms with van der Waals surface area (Å²) in [4.78, 5) is 24.3. The van der Waals surface area contributed by atoms with Gasteiger partial charge in [0.1, 0.15) is 5.75 Å². The van der Waals surface area contributed by atoms with Crippen molar-refractivity contribution >= 4 is 22.2 Å². The number of carbonyl (C=O) groups is 1. The van der Waals surface area contributed by atoms with Crippen LogP contribution in [0, 0.1) is 10.1 Å². The molecule has 0 saturated heterocycles. The molecule has 0 atom stereocenters. The van der Waals surface area contributed by atoms with E-state index in [0.29, 0.717) is 18.0 Å². The molecule has 116 valence electrons. The molecular formula is C15H16N2O4S. The Morgan fingerprint density at radius 1 is 1.27 bits per heavy atom. The predicted molar refractivity (Wildman–Crippen MR) is 84.4 cm³/mol.